The summed E-state index contributed by atoms with van der Waals surface area (Å²) in [5.41, 5.74) is 1.88. The van der Waals surface area contributed by atoms with Gasteiger partial charge in [0.2, 0.25) is 5.13 Å². The summed E-state index contributed by atoms with van der Waals surface area (Å²) in [5, 5.41) is 3.71. The molecule has 1 saturated heterocycles. The molecule has 180 valence electrons. The summed E-state index contributed by atoms with van der Waals surface area (Å²) in [5.74, 6) is 0.458. The molecule has 3 aromatic rings. The number of carbonyl (C=O) groups is 1. The molecule has 0 unspecified atom stereocenters. The van der Waals surface area contributed by atoms with E-state index in [4.69, 9.17) is 4.98 Å². The summed E-state index contributed by atoms with van der Waals surface area (Å²) in [6, 6.07) is 12.6. The quantitative estimate of drug-likeness (QED) is 0.544. The van der Waals surface area contributed by atoms with Gasteiger partial charge in [-0.1, -0.05) is 29.8 Å². The van der Waals surface area contributed by atoms with Gasteiger partial charge in [-0.3, -0.25) is 9.69 Å². The Morgan fingerprint density at radius 3 is 2.35 bits per heavy atom. The van der Waals surface area contributed by atoms with Crippen molar-refractivity contribution in [2.45, 2.75) is 19.5 Å². The zero-order valence-corrected chi connectivity index (χ0v) is 19.6. The molecule has 6 nitrogen and oxygen atoms in total. The molecule has 0 saturated carbocycles. The van der Waals surface area contributed by atoms with Crippen LogP contribution in [0.25, 0.3) is 0 Å². The number of halogens is 3. The highest BCUT2D eigenvalue weighted by Gasteiger charge is 2.30. The van der Waals surface area contributed by atoms with Crippen molar-refractivity contribution in [3.63, 3.8) is 0 Å². The maximum Gasteiger partial charge on any atom is 0.416 e. The minimum Gasteiger partial charge on any atom is -0.351 e. The Kier molecular flexibility index (Phi) is 7.47. The van der Waals surface area contributed by atoms with Gasteiger partial charge in [0.1, 0.15) is 5.82 Å². The Labute approximate surface area is 200 Å². The minimum absolute atomic E-state index is 0.218. The van der Waals surface area contributed by atoms with E-state index in [1.54, 1.807) is 0 Å². The molecule has 1 aliphatic heterocycles. The Hall–Kier alpha value is -2.98. The summed E-state index contributed by atoms with van der Waals surface area (Å²) < 4.78 is 42.5. The number of anilines is 1. The number of amides is 1. The van der Waals surface area contributed by atoms with Crippen LogP contribution in [0.4, 0.5) is 18.3 Å². The lowest BCUT2D eigenvalue weighted by Crippen LogP contribution is -2.48. The topological polar surface area (TPSA) is 61.4 Å². The predicted octanol–water partition coefficient (Wildman–Crippen LogP) is 4.01. The number of benzene rings is 2. The number of nitrogens with zero attached hydrogens (tertiary/aromatic N) is 4. The average Bonchev–Trinajstić information content (AvgIpc) is 3.29. The molecule has 0 atom stereocenters. The molecule has 1 N–H and O–H groups in total. The molecular formula is C24H26F3N5OS. The molecule has 1 fully saturated rings. The molecule has 34 heavy (non-hydrogen) atoms. The molecule has 0 spiro atoms. The molecule has 1 aliphatic rings. The van der Waals surface area contributed by atoms with Crippen molar-refractivity contribution in [1.82, 2.24) is 19.6 Å². The Morgan fingerprint density at radius 2 is 1.71 bits per heavy atom. The van der Waals surface area contributed by atoms with Crippen LogP contribution in [0.3, 0.4) is 0 Å². The van der Waals surface area contributed by atoms with Crippen molar-refractivity contribution in [3.8, 4) is 0 Å². The van der Waals surface area contributed by atoms with E-state index in [1.165, 1.54) is 34.8 Å². The SMILES string of the molecule is Cc1ccc(Cc2nsc(N3CCN(CCNC(=O)c4ccc(C(F)(F)F)cc4)CC3)n2)cc1. The number of alkyl halides is 3. The molecule has 0 radical (unpaired) electrons. The minimum atomic E-state index is -4.41. The van der Waals surface area contributed by atoms with Crippen LogP contribution in [0.1, 0.15) is 32.9 Å². The van der Waals surface area contributed by atoms with Gasteiger partial charge >= 0.3 is 6.18 Å². The third-order valence-electron chi connectivity index (χ3n) is 5.77. The van der Waals surface area contributed by atoms with Crippen LogP contribution in [-0.4, -0.2) is 59.4 Å². The third kappa shape index (κ3) is 6.32. The molecule has 1 amide bonds. The molecule has 1 aromatic heterocycles. The maximum atomic E-state index is 12.7. The van der Waals surface area contributed by atoms with E-state index in [-0.39, 0.29) is 11.5 Å². The van der Waals surface area contributed by atoms with Crippen LogP contribution >= 0.6 is 11.5 Å². The van der Waals surface area contributed by atoms with Gasteiger partial charge in [0, 0.05) is 62.8 Å². The number of nitrogens with one attached hydrogen (secondary N) is 1. The average molecular weight is 490 g/mol. The van der Waals surface area contributed by atoms with Gasteiger partial charge in [-0.05, 0) is 36.8 Å². The Bertz CT molecular complexity index is 1090. The fourth-order valence-electron chi connectivity index (χ4n) is 3.74. The lowest BCUT2D eigenvalue weighted by molar-refractivity contribution is -0.137. The number of hydrogen-bond acceptors (Lipinski definition) is 6. The molecule has 0 bridgehead atoms. The Balaban J connectivity index is 1.19. The van der Waals surface area contributed by atoms with Crippen molar-refractivity contribution in [1.29, 1.82) is 0 Å². The Morgan fingerprint density at radius 1 is 1.03 bits per heavy atom. The van der Waals surface area contributed by atoms with E-state index in [9.17, 15) is 18.0 Å². The van der Waals surface area contributed by atoms with Crippen LogP contribution in [0.2, 0.25) is 0 Å². The molecule has 2 heterocycles. The highest BCUT2D eigenvalue weighted by atomic mass is 32.1. The van der Waals surface area contributed by atoms with Gasteiger partial charge in [0.15, 0.2) is 0 Å². The van der Waals surface area contributed by atoms with E-state index in [0.29, 0.717) is 13.1 Å². The fourth-order valence-corrected chi connectivity index (χ4v) is 4.47. The van der Waals surface area contributed by atoms with E-state index in [0.717, 1.165) is 55.7 Å². The normalized spacial score (nSPS) is 14.9. The van der Waals surface area contributed by atoms with Gasteiger partial charge in [0.05, 0.1) is 5.56 Å². The molecule has 0 aliphatic carbocycles. The van der Waals surface area contributed by atoms with Crippen LogP contribution in [-0.2, 0) is 12.6 Å². The number of aromatic nitrogens is 2. The maximum absolute atomic E-state index is 12.7. The zero-order valence-electron chi connectivity index (χ0n) is 18.8. The zero-order chi connectivity index (χ0) is 24.1. The van der Waals surface area contributed by atoms with Gasteiger partial charge < -0.3 is 10.2 Å². The monoisotopic (exact) mass is 489 g/mol. The molecule has 4 rings (SSSR count). The number of rotatable bonds is 7. The van der Waals surface area contributed by atoms with Gasteiger partial charge in [-0.2, -0.15) is 17.5 Å². The standard InChI is InChI=1S/C24H26F3N5OS/c1-17-2-4-18(5-3-17)16-21-29-23(34-30-21)32-14-12-31(13-15-32)11-10-28-22(33)19-6-8-20(9-7-19)24(25,26)27/h2-9H,10-16H2,1H3,(H,28,33). The van der Waals surface area contributed by atoms with Crippen LogP contribution in [0.15, 0.2) is 48.5 Å². The molecule has 2 aromatic carbocycles. The highest BCUT2D eigenvalue weighted by Crippen LogP contribution is 2.29. The number of piperazine rings is 1. The second-order valence-corrected chi connectivity index (χ2v) is 9.05. The van der Waals surface area contributed by atoms with Crippen molar-refractivity contribution in [2.75, 3.05) is 44.2 Å². The van der Waals surface area contributed by atoms with Crippen LogP contribution in [0, 0.1) is 6.92 Å². The first-order chi connectivity index (χ1) is 16.3. The number of aryl methyl sites for hydroxylation is 1. The second kappa shape index (κ2) is 10.5. The van der Waals surface area contributed by atoms with Crippen molar-refractivity contribution < 1.29 is 18.0 Å². The first-order valence-corrected chi connectivity index (χ1v) is 11.9. The van der Waals surface area contributed by atoms with E-state index in [1.807, 2.05) is 0 Å². The van der Waals surface area contributed by atoms with Crippen LogP contribution in [0.5, 0.6) is 0 Å². The van der Waals surface area contributed by atoms with Gasteiger partial charge in [0.25, 0.3) is 5.91 Å². The highest BCUT2D eigenvalue weighted by molar-refractivity contribution is 7.09. The van der Waals surface area contributed by atoms with E-state index in [2.05, 4.69) is 50.7 Å². The van der Waals surface area contributed by atoms with E-state index >= 15 is 0 Å². The second-order valence-electron chi connectivity index (χ2n) is 8.32. The van der Waals surface area contributed by atoms with Crippen molar-refractivity contribution in [2.24, 2.45) is 0 Å². The summed E-state index contributed by atoms with van der Waals surface area (Å²) >= 11 is 1.42. The first-order valence-electron chi connectivity index (χ1n) is 11.1. The summed E-state index contributed by atoms with van der Waals surface area (Å²) in [4.78, 5) is 21.4. The van der Waals surface area contributed by atoms with Crippen LogP contribution < -0.4 is 10.2 Å². The smallest absolute Gasteiger partial charge is 0.351 e. The lowest BCUT2D eigenvalue weighted by Gasteiger charge is -2.34. The van der Waals surface area contributed by atoms with E-state index < -0.39 is 11.7 Å². The third-order valence-corrected chi connectivity index (χ3v) is 6.59. The van der Waals surface area contributed by atoms with Gasteiger partial charge in [-0.15, -0.1) is 0 Å². The molecular weight excluding hydrogens is 463 g/mol. The fraction of sp³-hybridized carbons (Fsp3) is 0.375. The van der Waals surface area contributed by atoms with Crippen molar-refractivity contribution in [3.05, 3.63) is 76.6 Å². The van der Waals surface area contributed by atoms with Crippen molar-refractivity contribution >= 4 is 22.6 Å². The largest absolute Gasteiger partial charge is 0.416 e. The lowest BCUT2D eigenvalue weighted by atomic mass is 10.1. The van der Waals surface area contributed by atoms with Gasteiger partial charge in [-0.25, -0.2) is 4.98 Å². The predicted molar refractivity (Wildman–Crippen MR) is 126 cm³/mol. The number of carbonyl (C=O) groups excluding carboxylic acids is 1. The number of hydrogen-bond donors (Lipinski definition) is 1. The summed E-state index contributed by atoms with van der Waals surface area (Å²) in [6.07, 6.45) is -3.69. The summed E-state index contributed by atoms with van der Waals surface area (Å²) in [6.45, 7) is 6.49. The first kappa shape index (κ1) is 24.2. The molecule has 10 heteroatoms. The summed E-state index contributed by atoms with van der Waals surface area (Å²) in [7, 11) is 0.